The fourth-order valence-corrected chi connectivity index (χ4v) is 1.65. The van der Waals surface area contributed by atoms with Crippen molar-refractivity contribution in [3.63, 3.8) is 0 Å². The maximum atomic E-state index is 11.2. The summed E-state index contributed by atoms with van der Waals surface area (Å²) in [7, 11) is 0. The van der Waals surface area contributed by atoms with Crippen molar-refractivity contribution in [2.75, 3.05) is 0 Å². The van der Waals surface area contributed by atoms with Crippen LogP contribution in [-0.2, 0) is 11.4 Å². The summed E-state index contributed by atoms with van der Waals surface area (Å²) in [4.78, 5) is 11.2. The van der Waals surface area contributed by atoms with Gasteiger partial charge in [-0.25, -0.2) is 0 Å². The van der Waals surface area contributed by atoms with Gasteiger partial charge in [0.25, 0.3) is 0 Å². The lowest BCUT2D eigenvalue weighted by Crippen LogP contribution is -2.05. The van der Waals surface area contributed by atoms with Gasteiger partial charge in [0, 0.05) is 6.42 Å². The average molecular weight is 281 g/mol. The molecule has 0 fully saturated rings. The van der Waals surface area contributed by atoms with E-state index in [4.69, 9.17) is 14.7 Å². The number of esters is 1. The molecular weight excluding hydrogens is 266 g/mol. The van der Waals surface area contributed by atoms with Crippen LogP contribution in [0.15, 0.2) is 48.5 Å². The fourth-order valence-electron chi connectivity index (χ4n) is 1.65. The van der Waals surface area contributed by atoms with Gasteiger partial charge in [-0.3, -0.25) is 4.79 Å². The highest BCUT2D eigenvalue weighted by atomic mass is 16.5. The number of carbonyl (C=O) groups excluding carboxylic acids is 1. The second-order valence-electron chi connectivity index (χ2n) is 4.40. The van der Waals surface area contributed by atoms with Gasteiger partial charge in [-0.15, -0.1) is 0 Å². The predicted octanol–water partition coefficient (Wildman–Crippen LogP) is 3.45. The summed E-state index contributed by atoms with van der Waals surface area (Å²) >= 11 is 0. The van der Waals surface area contributed by atoms with Crippen molar-refractivity contribution in [2.24, 2.45) is 0 Å². The fraction of sp³-hybridized carbons (Fsp3) is 0.176. The van der Waals surface area contributed by atoms with Crippen molar-refractivity contribution in [2.45, 2.75) is 20.0 Å². The van der Waals surface area contributed by atoms with E-state index in [0.29, 0.717) is 30.1 Å². The highest BCUT2D eigenvalue weighted by Crippen LogP contribution is 2.19. The maximum absolute atomic E-state index is 11.2. The first-order valence-corrected chi connectivity index (χ1v) is 6.64. The highest BCUT2D eigenvalue weighted by Gasteiger charge is 2.02. The Kier molecular flexibility index (Phi) is 4.94. The van der Waals surface area contributed by atoms with Crippen molar-refractivity contribution >= 4 is 5.97 Å². The Morgan fingerprint density at radius 1 is 1.05 bits per heavy atom. The molecule has 2 aromatic rings. The largest absolute Gasteiger partial charge is 0.489 e. The van der Waals surface area contributed by atoms with Crippen LogP contribution in [0.3, 0.4) is 0 Å². The van der Waals surface area contributed by atoms with E-state index in [-0.39, 0.29) is 5.97 Å². The molecule has 0 saturated heterocycles. The second kappa shape index (κ2) is 7.11. The van der Waals surface area contributed by atoms with Crippen molar-refractivity contribution in [1.82, 2.24) is 0 Å². The van der Waals surface area contributed by atoms with Crippen LogP contribution < -0.4 is 9.47 Å². The molecule has 0 atom stereocenters. The molecule has 0 aliphatic carbocycles. The Labute approximate surface area is 123 Å². The van der Waals surface area contributed by atoms with E-state index in [1.54, 1.807) is 43.3 Å². The molecule has 106 valence electrons. The van der Waals surface area contributed by atoms with Gasteiger partial charge >= 0.3 is 5.97 Å². The van der Waals surface area contributed by atoms with Crippen LogP contribution in [0, 0.1) is 11.3 Å². The average Bonchev–Trinajstić information content (AvgIpc) is 2.54. The standard InChI is InChI=1S/C17H15NO3/c1-2-17(19)21-16-9-7-15(8-10-16)20-12-14-5-3-13(11-18)4-6-14/h3-10H,2,12H2,1H3. The molecule has 0 bridgehead atoms. The Morgan fingerprint density at radius 2 is 1.67 bits per heavy atom. The van der Waals surface area contributed by atoms with Crippen LogP contribution in [-0.4, -0.2) is 5.97 Å². The van der Waals surface area contributed by atoms with Gasteiger partial charge in [-0.1, -0.05) is 19.1 Å². The molecule has 0 amide bonds. The summed E-state index contributed by atoms with van der Waals surface area (Å²) in [6.45, 7) is 2.16. The minimum atomic E-state index is -0.263. The van der Waals surface area contributed by atoms with Crippen LogP contribution in [0.2, 0.25) is 0 Å². The summed E-state index contributed by atoms with van der Waals surface area (Å²) in [6.07, 6.45) is 0.344. The number of ether oxygens (including phenoxy) is 2. The first kappa shape index (κ1) is 14.6. The molecule has 2 aromatic carbocycles. The minimum absolute atomic E-state index is 0.263. The summed E-state index contributed by atoms with van der Waals surface area (Å²) in [5.41, 5.74) is 1.61. The lowest BCUT2D eigenvalue weighted by Gasteiger charge is -2.07. The van der Waals surface area contributed by atoms with E-state index < -0.39 is 0 Å². The van der Waals surface area contributed by atoms with Crippen molar-refractivity contribution in [1.29, 1.82) is 5.26 Å². The topological polar surface area (TPSA) is 59.3 Å². The van der Waals surface area contributed by atoms with E-state index in [9.17, 15) is 4.79 Å². The third-order valence-electron chi connectivity index (χ3n) is 2.83. The second-order valence-corrected chi connectivity index (χ2v) is 4.40. The highest BCUT2D eigenvalue weighted by molar-refractivity contribution is 5.71. The number of rotatable bonds is 5. The van der Waals surface area contributed by atoms with Crippen LogP contribution in [0.4, 0.5) is 0 Å². The molecule has 4 heteroatoms. The maximum Gasteiger partial charge on any atom is 0.310 e. The van der Waals surface area contributed by atoms with Crippen molar-refractivity contribution in [3.8, 4) is 17.6 Å². The molecular formula is C17H15NO3. The molecule has 2 rings (SSSR count). The first-order valence-electron chi connectivity index (χ1n) is 6.64. The Balaban J connectivity index is 1.91. The van der Waals surface area contributed by atoms with E-state index in [2.05, 4.69) is 6.07 Å². The Hall–Kier alpha value is -2.80. The zero-order valence-corrected chi connectivity index (χ0v) is 11.7. The number of hydrogen-bond donors (Lipinski definition) is 0. The number of carbonyl (C=O) groups is 1. The lowest BCUT2D eigenvalue weighted by atomic mass is 10.2. The molecule has 0 N–H and O–H groups in total. The number of nitrogens with zero attached hydrogens (tertiary/aromatic N) is 1. The molecule has 0 aromatic heterocycles. The minimum Gasteiger partial charge on any atom is -0.489 e. The quantitative estimate of drug-likeness (QED) is 0.622. The van der Waals surface area contributed by atoms with Gasteiger partial charge < -0.3 is 9.47 Å². The molecule has 0 saturated carbocycles. The number of hydrogen-bond acceptors (Lipinski definition) is 4. The summed E-state index contributed by atoms with van der Waals surface area (Å²) in [6, 6.07) is 16.2. The molecule has 4 nitrogen and oxygen atoms in total. The lowest BCUT2D eigenvalue weighted by molar-refractivity contribution is -0.134. The zero-order valence-electron chi connectivity index (χ0n) is 11.7. The predicted molar refractivity (Wildman–Crippen MR) is 77.9 cm³/mol. The zero-order chi connectivity index (χ0) is 15.1. The van der Waals surface area contributed by atoms with Gasteiger partial charge in [-0.2, -0.15) is 5.26 Å². The van der Waals surface area contributed by atoms with Gasteiger partial charge in [-0.05, 0) is 42.0 Å². The van der Waals surface area contributed by atoms with Gasteiger partial charge in [0.2, 0.25) is 0 Å². The summed E-state index contributed by atoms with van der Waals surface area (Å²) < 4.78 is 10.7. The smallest absolute Gasteiger partial charge is 0.310 e. The number of benzene rings is 2. The van der Waals surface area contributed by atoms with E-state index >= 15 is 0 Å². The third-order valence-corrected chi connectivity index (χ3v) is 2.83. The van der Waals surface area contributed by atoms with E-state index in [1.807, 2.05) is 12.1 Å². The Bertz CT molecular complexity index is 639. The molecule has 0 radical (unpaired) electrons. The molecule has 0 aliphatic heterocycles. The molecule has 21 heavy (non-hydrogen) atoms. The monoisotopic (exact) mass is 281 g/mol. The molecule has 0 spiro atoms. The van der Waals surface area contributed by atoms with Crippen molar-refractivity contribution in [3.05, 3.63) is 59.7 Å². The van der Waals surface area contributed by atoms with Gasteiger partial charge in [0.05, 0.1) is 11.6 Å². The van der Waals surface area contributed by atoms with Crippen LogP contribution in [0.1, 0.15) is 24.5 Å². The Morgan fingerprint density at radius 3 is 2.24 bits per heavy atom. The normalized spacial score (nSPS) is 9.71. The molecule has 0 unspecified atom stereocenters. The van der Waals surface area contributed by atoms with Gasteiger partial charge in [0.1, 0.15) is 18.1 Å². The van der Waals surface area contributed by atoms with E-state index in [1.165, 1.54) is 0 Å². The van der Waals surface area contributed by atoms with E-state index in [0.717, 1.165) is 5.56 Å². The molecule has 0 aliphatic rings. The summed E-state index contributed by atoms with van der Waals surface area (Å²) in [5, 5.41) is 8.73. The van der Waals surface area contributed by atoms with Crippen LogP contribution in [0.5, 0.6) is 11.5 Å². The third kappa shape index (κ3) is 4.36. The number of nitriles is 1. The van der Waals surface area contributed by atoms with Crippen LogP contribution >= 0.6 is 0 Å². The summed E-state index contributed by atoms with van der Waals surface area (Å²) in [5.74, 6) is 0.935. The first-order chi connectivity index (χ1) is 10.2. The van der Waals surface area contributed by atoms with Crippen molar-refractivity contribution < 1.29 is 14.3 Å². The van der Waals surface area contributed by atoms with Gasteiger partial charge in [0.15, 0.2) is 0 Å². The molecule has 0 heterocycles. The SMILES string of the molecule is CCC(=O)Oc1ccc(OCc2ccc(C#N)cc2)cc1. The van der Waals surface area contributed by atoms with Crippen LogP contribution in [0.25, 0.3) is 0 Å².